The number of benzene rings is 1. The summed E-state index contributed by atoms with van der Waals surface area (Å²) in [6.07, 6.45) is -3.12. The van der Waals surface area contributed by atoms with Crippen LogP contribution in [0.2, 0.25) is 0 Å². The smallest absolute Gasteiger partial charge is 0.256 e. The van der Waals surface area contributed by atoms with Crippen LogP contribution in [-0.2, 0) is 28.5 Å². The van der Waals surface area contributed by atoms with Gasteiger partial charge in [0, 0.05) is 5.69 Å². The van der Waals surface area contributed by atoms with Crippen molar-refractivity contribution in [2.45, 2.75) is 70.0 Å². The van der Waals surface area contributed by atoms with E-state index in [1.54, 1.807) is 59.1 Å². The third-order valence-corrected chi connectivity index (χ3v) is 4.77. The number of amides is 1. The molecule has 0 radical (unpaired) electrons. The average molecular weight is 379 g/mol. The molecule has 1 aromatic rings. The molecule has 1 aromatic carbocycles. The number of carbonyl (C=O) groups is 1. The Kier molecular flexibility index (Phi) is 4.44. The zero-order chi connectivity index (χ0) is 19.4. The summed E-state index contributed by atoms with van der Waals surface area (Å²) in [6, 6.07) is 7.05. The molecule has 1 amide bonds. The van der Waals surface area contributed by atoms with Crippen molar-refractivity contribution in [2.24, 2.45) is 0 Å². The van der Waals surface area contributed by atoms with E-state index in [-0.39, 0.29) is 5.91 Å². The lowest BCUT2D eigenvalue weighted by atomic mass is 9.98. The minimum atomic E-state index is -0.891. The Hall–Kier alpha value is -1.71. The maximum absolute atomic E-state index is 12.9. The Morgan fingerprint density at radius 2 is 1.52 bits per heavy atom. The molecular weight excluding hydrogens is 354 g/mol. The molecule has 0 spiro atoms. The van der Waals surface area contributed by atoms with Gasteiger partial charge in [-0.1, -0.05) is 0 Å². The van der Waals surface area contributed by atoms with E-state index in [1.807, 2.05) is 0 Å². The van der Waals surface area contributed by atoms with Crippen molar-refractivity contribution >= 4 is 11.6 Å². The van der Waals surface area contributed by atoms with Crippen molar-refractivity contribution in [3.63, 3.8) is 0 Å². The molecule has 5 atom stereocenters. The van der Waals surface area contributed by atoms with Crippen LogP contribution >= 0.6 is 0 Å². The SMILES string of the molecule is COc1ccc(NC(=O)[C@@H]2O[C@@H]3OC(C)(C)O[C@@H]3[C@H]3OC(C)(C)O[C@H]32)cc1. The number of ether oxygens (including phenoxy) is 6. The first-order chi connectivity index (χ1) is 12.7. The fraction of sp³-hybridized carbons (Fsp3) is 0.632. The lowest BCUT2D eigenvalue weighted by Gasteiger charge is -2.36. The number of anilines is 1. The summed E-state index contributed by atoms with van der Waals surface area (Å²) in [4.78, 5) is 12.9. The van der Waals surface area contributed by atoms with Crippen molar-refractivity contribution < 1.29 is 33.2 Å². The highest BCUT2D eigenvalue weighted by atomic mass is 16.9. The quantitative estimate of drug-likeness (QED) is 0.860. The van der Waals surface area contributed by atoms with Crippen LogP contribution in [0.4, 0.5) is 5.69 Å². The van der Waals surface area contributed by atoms with Crippen LogP contribution in [-0.4, -0.2) is 55.3 Å². The maximum atomic E-state index is 12.9. The van der Waals surface area contributed by atoms with E-state index in [1.165, 1.54) is 0 Å². The monoisotopic (exact) mass is 379 g/mol. The van der Waals surface area contributed by atoms with E-state index >= 15 is 0 Å². The molecule has 3 aliphatic heterocycles. The lowest BCUT2D eigenvalue weighted by Crippen LogP contribution is -2.58. The molecule has 27 heavy (non-hydrogen) atoms. The minimum Gasteiger partial charge on any atom is -0.497 e. The highest BCUT2D eigenvalue weighted by Crippen LogP contribution is 2.44. The number of nitrogens with one attached hydrogen (secondary N) is 1. The van der Waals surface area contributed by atoms with Gasteiger partial charge in [-0.25, -0.2) is 0 Å². The molecule has 1 N–H and O–H groups in total. The van der Waals surface area contributed by atoms with Gasteiger partial charge in [-0.15, -0.1) is 0 Å². The van der Waals surface area contributed by atoms with Crippen LogP contribution in [0.3, 0.4) is 0 Å². The largest absolute Gasteiger partial charge is 0.497 e. The van der Waals surface area contributed by atoms with Crippen molar-refractivity contribution in [3.05, 3.63) is 24.3 Å². The third kappa shape index (κ3) is 3.55. The molecule has 0 saturated carbocycles. The summed E-state index contributed by atoms with van der Waals surface area (Å²) in [5.41, 5.74) is 0.630. The van der Waals surface area contributed by atoms with Crippen LogP contribution in [0.25, 0.3) is 0 Å². The maximum Gasteiger partial charge on any atom is 0.256 e. The highest BCUT2D eigenvalue weighted by Gasteiger charge is 2.62. The van der Waals surface area contributed by atoms with E-state index in [0.717, 1.165) is 0 Å². The predicted octanol–water partition coefficient (Wildman–Crippen LogP) is 2.03. The van der Waals surface area contributed by atoms with E-state index in [9.17, 15) is 4.79 Å². The summed E-state index contributed by atoms with van der Waals surface area (Å²) >= 11 is 0. The first kappa shape index (κ1) is 18.6. The second-order valence-electron chi connectivity index (χ2n) is 7.81. The van der Waals surface area contributed by atoms with Gasteiger partial charge in [0.25, 0.3) is 5.91 Å². The molecule has 0 bridgehead atoms. The Morgan fingerprint density at radius 3 is 2.19 bits per heavy atom. The van der Waals surface area contributed by atoms with Crippen LogP contribution in [0.5, 0.6) is 5.75 Å². The zero-order valence-corrected chi connectivity index (χ0v) is 16.1. The van der Waals surface area contributed by atoms with Crippen LogP contribution in [0.1, 0.15) is 27.7 Å². The van der Waals surface area contributed by atoms with Gasteiger partial charge in [0.1, 0.15) is 24.1 Å². The third-order valence-electron chi connectivity index (χ3n) is 4.77. The van der Waals surface area contributed by atoms with Gasteiger partial charge in [0.15, 0.2) is 24.0 Å². The lowest BCUT2D eigenvalue weighted by molar-refractivity contribution is -0.229. The molecule has 0 aromatic heterocycles. The number of methoxy groups -OCH3 is 1. The van der Waals surface area contributed by atoms with Gasteiger partial charge in [0.05, 0.1) is 7.11 Å². The van der Waals surface area contributed by atoms with Crippen molar-refractivity contribution in [2.75, 3.05) is 12.4 Å². The topological polar surface area (TPSA) is 84.5 Å². The van der Waals surface area contributed by atoms with E-state index < -0.39 is 42.3 Å². The summed E-state index contributed by atoms with van der Waals surface area (Å²) < 4.78 is 34.8. The number of fused-ring (bicyclic) bond motifs is 3. The van der Waals surface area contributed by atoms with Crippen molar-refractivity contribution in [1.82, 2.24) is 0 Å². The highest BCUT2D eigenvalue weighted by molar-refractivity contribution is 5.94. The molecule has 3 aliphatic rings. The average Bonchev–Trinajstić information content (AvgIpc) is 3.08. The van der Waals surface area contributed by atoms with Crippen molar-refractivity contribution in [1.29, 1.82) is 0 Å². The van der Waals surface area contributed by atoms with Gasteiger partial charge in [-0.2, -0.15) is 0 Å². The fourth-order valence-corrected chi connectivity index (χ4v) is 3.71. The molecule has 3 fully saturated rings. The van der Waals surface area contributed by atoms with Gasteiger partial charge >= 0.3 is 0 Å². The van der Waals surface area contributed by atoms with E-state index in [0.29, 0.717) is 11.4 Å². The zero-order valence-electron chi connectivity index (χ0n) is 16.1. The van der Waals surface area contributed by atoms with Crippen LogP contribution < -0.4 is 10.1 Å². The van der Waals surface area contributed by atoms with Gasteiger partial charge < -0.3 is 33.7 Å². The normalized spacial score (nSPS) is 36.0. The molecule has 8 nitrogen and oxygen atoms in total. The van der Waals surface area contributed by atoms with E-state index in [2.05, 4.69) is 5.32 Å². The van der Waals surface area contributed by atoms with Crippen LogP contribution in [0.15, 0.2) is 24.3 Å². The Morgan fingerprint density at radius 1 is 0.926 bits per heavy atom. The molecule has 0 aliphatic carbocycles. The first-order valence-corrected chi connectivity index (χ1v) is 8.99. The second kappa shape index (κ2) is 6.42. The summed E-state index contributed by atoms with van der Waals surface area (Å²) in [5.74, 6) is -1.29. The van der Waals surface area contributed by atoms with Crippen LogP contribution in [0, 0.1) is 0 Å². The Bertz CT molecular complexity index is 717. The fourth-order valence-electron chi connectivity index (χ4n) is 3.71. The molecule has 0 unspecified atom stereocenters. The summed E-state index contributed by atoms with van der Waals surface area (Å²) in [5, 5.41) is 2.85. The second-order valence-corrected chi connectivity index (χ2v) is 7.81. The minimum absolute atomic E-state index is 0.330. The van der Waals surface area contributed by atoms with E-state index in [4.69, 9.17) is 28.4 Å². The molecule has 8 heteroatoms. The Balaban J connectivity index is 1.55. The van der Waals surface area contributed by atoms with Gasteiger partial charge in [-0.3, -0.25) is 4.79 Å². The number of hydrogen-bond donors (Lipinski definition) is 1. The molecular formula is C19H25NO7. The summed E-state index contributed by atoms with van der Waals surface area (Å²) in [6.45, 7) is 7.22. The molecule has 3 saturated heterocycles. The number of carbonyl (C=O) groups excluding carboxylic acids is 1. The molecule has 4 rings (SSSR count). The molecule has 148 valence electrons. The first-order valence-electron chi connectivity index (χ1n) is 8.99. The van der Waals surface area contributed by atoms with Gasteiger partial charge in [0.2, 0.25) is 0 Å². The predicted molar refractivity (Wildman–Crippen MR) is 94.1 cm³/mol. The standard InChI is InChI=1S/C19H25NO7/c1-18(2)24-12-13(25-18)15-17(27-19(3,4)26-15)23-14(12)16(21)20-10-6-8-11(22-5)9-7-10/h6-9,12-15,17H,1-5H3,(H,20,21)/t12-,13+,14-,15-,17-/m1/s1. The summed E-state index contributed by atoms with van der Waals surface area (Å²) in [7, 11) is 1.59. The Labute approximate surface area is 158 Å². The van der Waals surface area contributed by atoms with Gasteiger partial charge in [-0.05, 0) is 52.0 Å². The number of rotatable bonds is 3. The van der Waals surface area contributed by atoms with Crippen molar-refractivity contribution in [3.8, 4) is 5.75 Å². The number of hydrogen-bond acceptors (Lipinski definition) is 7. The molecule has 3 heterocycles.